The molecule has 0 amide bonds. The molecule has 0 saturated heterocycles. The summed E-state index contributed by atoms with van der Waals surface area (Å²) in [6.45, 7) is 8.51. The van der Waals surface area contributed by atoms with Crippen molar-refractivity contribution in [3.63, 3.8) is 0 Å². The molecule has 1 rings (SSSR count). The molecule has 0 aliphatic carbocycles. The topological polar surface area (TPSA) is 41.0 Å². The molecular formula is C13H22N4. The lowest BCUT2D eigenvalue weighted by atomic mass is 10.3. The zero-order valence-corrected chi connectivity index (χ0v) is 10.8. The van der Waals surface area contributed by atoms with Gasteiger partial charge < -0.3 is 10.2 Å². The van der Waals surface area contributed by atoms with Gasteiger partial charge in [-0.25, -0.2) is 0 Å². The quantitative estimate of drug-likeness (QED) is 0.551. The van der Waals surface area contributed by atoms with E-state index >= 15 is 0 Å². The Morgan fingerprint density at radius 1 is 1.41 bits per heavy atom. The predicted octanol–water partition coefficient (Wildman–Crippen LogP) is 1.99. The van der Waals surface area contributed by atoms with E-state index in [0.717, 1.165) is 44.0 Å². The molecule has 0 aromatic carbocycles. The van der Waals surface area contributed by atoms with E-state index in [-0.39, 0.29) is 0 Å². The van der Waals surface area contributed by atoms with Crippen molar-refractivity contribution in [1.82, 2.24) is 15.5 Å². The molecule has 17 heavy (non-hydrogen) atoms. The Labute approximate surface area is 104 Å². The minimum atomic E-state index is 0.782. The van der Waals surface area contributed by atoms with Gasteiger partial charge in [0.05, 0.1) is 5.69 Å². The Morgan fingerprint density at radius 3 is 2.82 bits per heavy atom. The van der Waals surface area contributed by atoms with Gasteiger partial charge in [-0.1, -0.05) is 13.0 Å². The van der Waals surface area contributed by atoms with Crippen LogP contribution in [0.2, 0.25) is 0 Å². The van der Waals surface area contributed by atoms with Gasteiger partial charge >= 0.3 is 0 Å². The Hall–Kier alpha value is -1.42. The van der Waals surface area contributed by atoms with E-state index in [0.29, 0.717) is 0 Å². The highest BCUT2D eigenvalue weighted by Gasteiger charge is 2.02. The van der Waals surface area contributed by atoms with E-state index in [2.05, 4.69) is 33.9 Å². The number of allylic oxidation sites excluding steroid dienone is 1. The van der Waals surface area contributed by atoms with Crippen LogP contribution in [-0.2, 0) is 6.54 Å². The second kappa shape index (κ2) is 7.79. The molecule has 1 aromatic rings. The first kappa shape index (κ1) is 13.6. The molecule has 4 heteroatoms. The normalized spacial score (nSPS) is 10.2. The number of hydrogen-bond acceptors (Lipinski definition) is 4. The van der Waals surface area contributed by atoms with Crippen LogP contribution in [0.4, 0.5) is 5.82 Å². The fraction of sp³-hybridized carbons (Fsp3) is 0.538. The van der Waals surface area contributed by atoms with Crippen molar-refractivity contribution in [3.8, 4) is 0 Å². The first-order chi connectivity index (χ1) is 8.27. The molecule has 0 spiro atoms. The molecule has 1 aromatic heterocycles. The monoisotopic (exact) mass is 234 g/mol. The number of unbranched alkanes of at least 4 members (excludes halogenated alkanes) is 1. The molecule has 1 N–H and O–H groups in total. The number of rotatable bonds is 8. The third kappa shape index (κ3) is 4.95. The molecular weight excluding hydrogens is 212 g/mol. The number of anilines is 1. The van der Waals surface area contributed by atoms with Crippen LogP contribution >= 0.6 is 0 Å². The first-order valence-corrected chi connectivity index (χ1v) is 6.13. The van der Waals surface area contributed by atoms with Gasteiger partial charge in [0.2, 0.25) is 0 Å². The van der Waals surface area contributed by atoms with Crippen LogP contribution in [0, 0.1) is 0 Å². The summed E-state index contributed by atoms with van der Waals surface area (Å²) in [4.78, 5) is 2.12. The van der Waals surface area contributed by atoms with E-state index in [1.165, 1.54) is 0 Å². The Balaban J connectivity index is 2.45. The molecule has 94 valence electrons. The molecule has 0 aliphatic rings. The lowest BCUT2D eigenvalue weighted by Crippen LogP contribution is -2.20. The van der Waals surface area contributed by atoms with Gasteiger partial charge in [0.15, 0.2) is 5.82 Å². The number of aromatic nitrogens is 2. The van der Waals surface area contributed by atoms with Crippen LogP contribution in [0.25, 0.3) is 0 Å². The summed E-state index contributed by atoms with van der Waals surface area (Å²) in [5.41, 5.74) is 0.982. The summed E-state index contributed by atoms with van der Waals surface area (Å²) in [6.07, 6.45) is 4.08. The fourth-order valence-electron chi connectivity index (χ4n) is 1.49. The third-order valence-electron chi connectivity index (χ3n) is 2.55. The lowest BCUT2D eigenvalue weighted by Gasteiger charge is -2.17. The highest BCUT2D eigenvalue weighted by molar-refractivity contribution is 5.35. The van der Waals surface area contributed by atoms with E-state index in [4.69, 9.17) is 0 Å². The summed E-state index contributed by atoms with van der Waals surface area (Å²) in [6, 6.07) is 4.04. The van der Waals surface area contributed by atoms with Gasteiger partial charge in [0, 0.05) is 20.1 Å². The number of hydrogen-bond donors (Lipinski definition) is 1. The average molecular weight is 234 g/mol. The summed E-state index contributed by atoms with van der Waals surface area (Å²) in [5.74, 6) is 0.925. The van der Waals surface area contributed by atoms with Gasteiger partial charge in [0.1, 0.15) is 0 Å². The third-order valence-corrected chi connectivity index (χ3v) is 2.55. The van der Waals surface area contributed by atoms with E-state index < -0.39 is 0 Å². The molecule has 4 nitrogen and oxygen atoms in total. The van der Waals surface area contributed by atoms with Crippen molar-refractivity contribution in [2.45, 2.75) is 26.3 Å². The van der Waals surface area contributed by atoms with Crippen LogP contribution < -0.4 is 10.2 Å². The number of nitrogens with zero attached hydrogens (tertiary/aromatic N) is 3. The maximum atomic E-state index is 4.22. The molecule has 0 atom stereocenters. The largest absolute Gasteiger partial charge is 0.358 e. The molecule has 0 radical (unpaired) electrons. The lowest BCUT2D eigenvalue weighted by molar-refractivity contribution is 0.695. The van der Waals surface area contributed by atoms with Crippen molar-refractivity contribution >= 4 is 5.82 Å². The fourth-order valence-corrected chi connectivity index (χ4v) is 1.49. The maximum absolute atomic E-state index is 4.22. The van der Waals surface area contributed by atoms with Crippen molar-refractivity contribution in [2.24, 2.45) is 0 Å². The molecule has 0 unspecified atom stereocenters. The summed E-state index contributed by atoms with van der Waals surface area (Å²) in [5, 5.41) is 11.6. The smallest absolute Gasteiger partial charge is 0.150 e. The molecule has 0 fully saturated rings. The molecule has 0 aliphatic heterocycles. The highest BCUT2D eigenvalue weighted by Crippen LogP contribution is 2.08. The van der Waals surface area contributed by atoms with Crippen LogP contribution in [0.1, 0.15) is 25.5 Å². The van der Waals surface area contributed by atoms with Gasteiger partial charge in [0.25, 0.3) is 0 Å². The van der Waals surface area contributed by atoms with E-state index in [9.17, 15) is 0 Å². The standard InChI is InChI=1S/C13H22N4/c1-4-6-7-10-17(3)13-9-8-12(15-16-13)11-14-5-2/h4,8-9,14H,1,5-7,10-11H2,2-3H3. The minimum absolute atomic E-state index is 0.782. The van der Waals surface area contributed by atoms with Crippen molar-refractivity contribution in [3.05, 3.63) is 30.5 Å². The average Bonchev–Trinajstić information content (AvgIpc) is 2.37. The van der Waals surface area contributed by atoms with Crippen LogP contribution in [0.15, 0.2) is 24.8 Å². The summed E-state index contributed by atoms with van der Waals surface area (Å²) < 4.78 is 0. The van der Waals surface area contributed by atoms with Crippen LogP contribution in [0.3, 0.4) is 0 Å². The maximum Gasteiger partial charge on any atom is 0.150 e. The Bertz CT molecular complexity index is 321. The SMILES string of the molecule is C=CCCCN(C)c1ccc(CNCC)nn1. The zero-order chi connectivity index (χ0) is 12.5. The van der Waals surface area contributed by atoms with Crippen LogP contribution in [-0.4, -0.2) is 30.3 Å². The molecule has 0 saturated carbocycles. The summed E-state index contributed by atoms with van der Waals surface area (Å²) >= 11 is 0. The van der Waals surface area contributed by atoms with E-state index in [1.54, 1.807) is 0 Å². The van der Waals surface area contributed by atoms with Gasteiger partial charge in [-0.2, -0.15) is 5.10 Å². The number of nitrogens with one attached hydrogen (secondary N) is 1. The van der Waals surface area contributed by atoms with Crippen molar-refractivity contribution < 1.29 is 0 Å². The molecule has 0 bridgehead atoms. The molecule has 1 heterocycles. The Morgan fingerprint density at radius 2 is 2.24 bits per heavy atom. The minimum Gasteiger partial charge on any atom is -0.358 e. The van der Waals surface area contributed by atoms with Crippen molar-refractivity contribution in [1.29, 1.82) is 0 Å². The first-order valence-electron chi connectivity index (χ1n) is 6.13. The predicted molar refractivity (Wildman–Crippen MR) is 72.1 cm³/mol. The highest BCUT2D eigenvalue weighted by atomic mass is 15.2. The van der Waals surface area contributed by atoms with Crippen molar-refractivity contribution in [2.75, 3.05) is 25.0 Å². The summed E-state index contributed by atoms with van der Waals surface area (Å²) in [7, 11) is 2.04. The second-order valence-corrected chi connectivity index (χ2v) is 4.02. The van der Waals surface area contributed by atoms with Crippen LogP contribution in [0.5, 0.6) is 0 Å². The Kier molecular flexibility index (Phi) is 6.25. The van der Waals surface area contributed by atoms with E-state index in [1.807, 2.05) is 25.3 Å². The second-order valence-electron chi connectivity index (χ2n) is 4.02. The zero-order valence-electron chi connectivity index (χ0n) is 10.8. The van der Waals surface area contributed by atoms with Gasteiger partial charge in [-0.05, 0) is 31.5 Å². The van der Waals surface area contributed by atoms with Gasteiger partial charge in [-0.3, -0.25) is 0 Å². The van der Waals surface area contributed by atoms with Gasteiger partial charge in [-0.15, -0.1) is 11.7 Å².